The molecule has 0 aliphatic rings. The average Bonchev–Trinajstić information content (AvgIpc) is 3.03. The van der Waals surface area contributed by atoms with E-state index in [0.29, 0.717) is 12.2 Å². The Morgan fingerprint density at radius 3 is 2.58 bits per heavy atom. The highest BCUT2D eigenvalue weighted by atomic mass is 32.2. The number of fused-ring (bicyclic) bond motifs is 1. The summed E-state index contributed by atoms with van der Waals surface area (Å²) in [6, 6.07) is 14.8. The predicted octanol–water partition coefficient (Wildman–Crippen LogP) is 2.84. The highest BCUT2D eigenvalue weighted by molar-refractivity contribution is 7.84. The zero-order valence-corrected chi connectivity index (χ0v) is 14.3. The van der Waals surface area contributed by atoms with Gasteiger partial charge in [-0.1, -0.05) is 12.1 Å². The summed E-state index contributed by atoms with van der Waals surface area (Å²) in [5, 5.41) is 3.80. The summed E-state index contributed by atoms with van der Waals surface area (Å²) in [7, 11) is 0.618. The van der Waals surface area contributed by atoms with E-state index in [4.69, 9.17) is 4.74 Å². The van der Waals surface area contributed by atoms with Gasteiger partial charge >= 0.3 is 0 Å². The molecule has 1 heterocycles. The van der Waals surface area contributed by atoms with Crippen molar-refractivity contribution in [1.82, 2.24) is 10.3 Å². The van der Waals surface area contributed by atoms with E-state index < -0.39 is 10.8 Å². The Labute approximate surface area is 142 Å². The van der Waals surface area contributed by atoms with Crippen LogP contribution in [-0.2, 0) is 17.3 Å². The van der Waals surface area contributed by atoms with Crippen molar-refractivity contribution in [2.24, 2.45) is 0 Å². The summed E-state index contributed by atoms with van der Waals surface area (Å²) < 4.78 is 16.6. The Kier molecular flexibility index (Phi) is 4.66. The van der Waals surface area contributed by atoms with Crippen LogP contribution in [0.4, 0.5) is 0 Å². The van der Waals surface area contributed by atoms with Crippen LogP contribution in [0.2, 0.25) is 0 Å². The standard InChI is InChI=1S/C18H18N2O3S/c1-23-14-5-8-16-13(9-14)10-17(20-16)18(21)19-11-12-3-6-15(7-4-12)24(2)22/h3-10,20H,11H2,1-2H3,(H,19,21)/t24-/m1/s1. The first-order valence-electron chi connectivity index (χ1n) is 7.44. The third-order valence-electron chi connectivity index (χ3n) is 3.78. The van der Waals surface area contributed by atoms with Crippen LogP contribution in [0.25, 0.3) is 10.9 Å². The normalized spacial score (nSPS) is 12.1. The predicted molar refractivity (Wildman–Crippen MR) is 94.8 cm³/mol. The second-order valence-electron chi connectivity index (χ2n) is 5.42. The minimum Gasteiger partial charge on any atom is -0.497 e. The van der Waals surface area contributed by atoms with E-state index in [1.165, 1.54) is 0 Å². The Bertz CT molecular complexity index is 900. The fraction of sp³-hybridized carbons (Fsp3) is 0.167. The molecule has 2 N–H and O–H groups in total. The van der Waals surface area contributed by atoms with Gasteiger partial charge in [0.25, 0.3) is 5.91 Å². The monoisotopic (exact) mass is 342 g/mol. The molecule has 0 saturated carbocycles. The number of amides is 1. The smallest absolute Gasteiger partial charge is 0.267 e. The first kappa shape index (κ1) is 16.3. The molecule has 0 bridgehead atoms. The van der Waals surface area contributed by atoms with Gasteiger partial charge < -0.3 is 15.0 Å². The Morgan fingerprint density at radius 2 is 1.92 bits per heavy atom. The van der Waals surface area contributed by atoms with E-state index in [1.807, 2.05) is 42.5 Å². The van der Waals surface area contributed by atoms with Crippen LogP contribution in [0.3, 0.4) is 0 Å². The van der Waals surface area contributed by atoms with E-state index in [-0.39, 0.29) is 5.91 Å². The van der Waals surface area contributed by atoms with Crippen molar-refractivity contribution >= 4 is 27.6 Å². The quantitative estimate of drug-likeness (QED) is 0.749. The maximum absolute atomic E-state index is 12.3. The molecule has 0 aliphatic heterocycles. The first-order valence-corrected chi connectivity index (χ1v) is 9.00. The number of methoxy groups -OCH3 is 1. The molecule has 1 aromatic heterocycles. The molecule has 0 radical (unpaired) electrons. The number of carbonyl (C=O) groups is 1. The molecule has 0 unspecified atom stereocenters. The van der Waals surface area contributed by atoms with Crippen LogP contribution in [-0.4, -0.2) is 28.5 Å². The number of aromatic amines is 1. The van der Waals surface area contributed by atoms with Gasteiger partial charge in [-0.3, -0.25) is 9.00 Å². The van der Waals surface area contributed by atoms with Gasteiger partial charge in [-0.2, -0.15) is 0 Å². The lowest BCUT2D eigenvalue weighted by molar-refractivity contribution is 0.0946. The summed E-state index contributed by atoms with van der Waals surface area (Å²) in [6.07, 6.45) is 1.64. The van der Waals surface area contributed by atoms with Gasteiger partial charge in [0.15, 0.2) is 0 Å². The summed E-state index contributed by atoms with van der Waals surface area (Å²) in [5.74, 6) is 0.579. The van der Waals surface area contributed by atoms with Crippen molar-refractivity contribution in [1.29, 1.82) is 0 Å². The number of nitrogens with one attached hydrogen (secondary N) is 2. The van der Waals surface area contributed by atoms with Gasteiger partial charge in [0.1, 0.15) is 11.4 Å². The highest BCUT2D eigenvalue weighted by Gasteiger charge is 2.10. The summed E-state index contributed by atoms with van der Waals surface area (Å²) >= 11 is 0. The Balaban J connectivity index is 1.69. The van der Waals surface area contributed by atoms with Gasteiger partial charge in [0.2, 0.25) is 0 Å². The minimum atomic E-state index is -0.994. The van der Waals surface area contributed by atoms with E-state index >= 15 is 0 Å². The topological polar surface area (TPSA) is 71.2 Å². The SMILES string of the molecule is COc1ccc2[nH]c(C(=O)NCc3ccc([S@@](C)=O)cc3)cc2c1. The molecule has 1 atom stereocenters. The molecule has 6 heteroatoms. The van der Waals surface area contributed by atoms with Gasteiger partial charge in [-0.15, -0.1) is 0 Å². The van der Waals surface area contributed by atoms with Crippen molar-refractivity contribution in [3.63, 3.8) is 0 Å². The number of ether oxygens (including phenoxy) is 1. The first-order chi connectivity index (χ1) is 11.6. The van der Waals surface area contributed by atoms with Crippen LogP contribution in [0.5, 0.6) is 5.75 Å². The maximum atomic E-state index is 12.3. The fourth-order valence-electron chi connectivity index (χ4n) is 2.44. The number of hydrogen-bond acceptors (Lipinski definition) is 3. The average molecular weight is 342 g/mol. The minimum absolute atomic E-state index is 0.173. The lowest BCUT2D eigenvalue weighted by atomic mass is 10.2. The second-order valence-corrected chi connectivity index (χ2v) is 6.80. The van der Waals surface area contributed by atoms with Crippen LogP contribution in [0, 0.1) is 0 Å². The summed E-state index contributed by atoms with van der Waals surface area (Å²) in [4.78, 5) is 16.2. The van der Waals surface area contributed by atoms with E-state index in [9.17, 15) is 9.00 Å². The molecule has 0 fully saturated rings. The summed E-state index contributed by atoms with van der Waals surface area (Å²) in [6.45, 7) is 0.411. The number of carbonyl (C=O) groups excluding carboxylic acids is 1. The van der Waals surface area contributed by atoms with Crippen LogP contribution >= 0.6 is 0 Å². The highest BCUT2D eigenvalue weighted by Crippen LogP contribution is 2.21. The number of rotatable bonds is 5. The van der Waals surface area contributed by atoms with Crippen molar-refractivity contribution < 1.29 is 13.7 Å². The van der Waals surface area contributed by atoms with Gasteiger partial charge in [0, 0.05) is 39.4 Å². The molecule has 1 amide bonds. The molecule has 3 aromatic rings. The van der Waals surface area contributed by atoms with E-state index in [2.05, 4.69) is 10.3 Å². The van der Waals surface area contributed by atoms with Gasteiger partial charge in [-0.25, -0.2) is 0 Å². The molecule has 2 aromatic carbocycles. The largest absolute Gasteiger partial charge is 0.497 e. The third-order valence-corrected chi connectivity index (χ3v) is 4.72. The fourth-order valence-corrected chi connectivity index (χ4v) is 2.96. The Morgan fingerprint density at radius 1 is 1.17 bits per heavy atom. The number of hydrogen-bond donors (Lipinski definition) is 2. The number of benzene rings is 2. The molecule has 0 aliphatic carbocycles. The zero-order chi connectivity index (χ0) is 17.1. The lowest BCUT2D eigenvalue weighted by Gasteiger charge is -2.05. The molecule has 5 nitrogen and oxygen atoms in total. The molecule has 0 saturated heterocycles. The molecule has 0 spiro atoms. The van der Waals surface area contributed by atoms with Gasteiger partial charge in [0.05, 0.1) is 7.11 Å². The Hall–Kier alpha value is -2.60. The lowest BCUT2D eigenvalue weighted by Crippen LogP contribution is -2.23. The molecule has 24 heavy (non-hydrogen) atoms. The number of aromatic nitrogens is 1. The maximum Gasteiger partial charge on any atom is 0.267 e. The number of H-pyrrole nitrogens is 1. The summed E-state index contributed by atoms with van der Waals surface area (Å²) in [5.41, 5.74) is 2.34. The molecular formula is C18H18N2O3S. The van der Waals surface area contributed by atoms with Crippen molar-refractivity contribution in [2.75, 3.05) is 13.4 Å². The zero-order valence-electron chi connectivity index (χ0n) is 13.5. The van der Waals surface area contributed by atoms with E-state index in [1.54, 1.807) is 19.4 Å². The molecule has 3 rings (SSSR count). The van der Waals surface area contributed by atoms with Gasteiger partial charge in [-0.05, 0) is 42.0 Å². The van der Waals surface area contributed by atoms with Crippen LogP contribution in [0.1, 0.15) is 16.1 Å². The van der Waals surface area contributed by atoms with Crippen LogP contribution < -0.4 is 10.1 Å². The van der Waals surface area contributed by atoms with Crippen molar-refractivity contribution in [3.05, 3.63) is 59.8 Å². The van der Waals surface area contributed by atoms with Crippen LogP contribution in [0.15, 0.2) is 53.4 Å². The van der Waals surface area contributed by atoms with E-state index in [0.717, 1.165) is 27.1 Å². The van der Waals surface area contributed by atoms with Crippen molar-refractivity contribution in [3.8, 4) is 5.75 Å². The second kappa shape index (κ2) is 6.88. The molecular weight excluding hydrogens is 324 g/mol. The van der Waals surface area contributed by atoms with Crippen molar-refractivity contribution in [2.45, 2.75) is 11.4 Å². The molecule has 124 valence electrons. The third kappa shape index (κ3) is 3.49.